The lowest BCUT2D eigenvalue weighted by Gasteiger charge is -2.11. The molecule has 0 aromatic carbocycles. The molecule has 0 bridgehead atoms. The fourth-order valence-corrected chi connectivity index (χ4v) is 3.92. The van der Waals surface area contributed by atoms with Gasteiger partial charge in [0.2, 0.25) is 0 Å². The van der Waals surface area contributed by atoms with Crippen LogP contribution in [-0.4, -0.2) is 27.1 Å². The molecule has 3 rings (SSSR count). The molecule has 8 heteroatoms. The van der Waals surface area contributed by atoms with E-state index in [0.717, 1.165) is 20.1 Å². The van der Waals surface area contributed by atoms with Crippen LogP contribution in [0.5, 0.6) is 0 Å². The first-order valence-electron chi connectivity index (χ1n) is 5.72. The third-order valence-electron chi connectivity index (χ3n) is 2.92. The van der Waals surface area contributed by atoms with E-state index >= 15 is 0 Å². The molecule has 0 aliphatic carbocycles. The van der Waals surface area contributed by atoms with Crippen molar-refractivity contribution in [2.75, 3.05) is 5.73 Å². The summed E-state index contributed by atoms with van der Waals surface area (Å²) >= 11 is 4.90. The molecule has 0 aliphatic rings. The number of anilines is 1. The minimum Gasteiger partial charge on any atom is -0.422 e. The van der Waals surface area contributed by atoms with Crippen LogP contribution in [0.25, 0.3) is 21.2 Å². The summed E-state index contributed by atoms with van der Waals surface area (Å²) in [5.41, 5.74) is 7.46. The highest BCUT2D eigenvalue weighted by Gasteiger charge is 2.25. The zero-order valence-corrected chi connectivity index (χ0v) is 12.5. The molecule has 3 aromatic heterocycles. The lowest BCUT2D eigenvalue weighted by molar-refractivity contribution is 0.424. The summed E-state index contributed by atoms with van der Waals surface area (Å²) in [6.07, 6.45) is 3.32. The predicted molar refractivity (Wildman–Crippen MR) is 84.8 cm³/mol. The Morgan fingerprint density at radius 1 is 1.35 bits per heavy atom. The highest BCUT2D eigenvalue weighted by Crippen LogP contribution is 2.38. The molecule has 0 radical (unpaired) electrons. The minimum atomic E-state index is -1.70. The van der Waals surface area contributed by atoms with Crippen molar-refractivity contribution in [3.63, 3.8) is 0 Å². The van der Waals surface area contributed by atoms with Gasteiger partial charge in [-0.1, -0.05) is 6.07 Å². The maximum atomic E-state index is 9.57. The Balaban J connectivity index is 2.44. The normalized spacial score (nSPS) is 10.9. The van der Waals surface area contributed by atoms with Crippen LogP contribution >= 0.6 is 27.3 Å². The highest BCUT2D eigenvalue weighted by molar-refractivity contribution is 9.10. The number of pyridine rings is 2. The lowest BCUT2D eigenvalue weighted by Crippen LogP contribution is -2.35. The highest BCUT2D eigenvalue weighted by atomic mass is 79.9. The predicted octanol–water partition coefficient (Wildman–Crippen LogP) is 1.38. The maximum absolute atomic E-state index is 9.57. The number of nitrogens with zero attached hydrogens (tertiary/aromatic N) is 2. The van der Waals surface area contributed by atoms with Gasteiger partial charge in [-0.05, 0) is 22.0 Å². The summed E-state index contributed by atoms with van der Waals surface area (Å²) in [6, 6.07) is 3.63. The molecule has 3 aromatic rings. The average Bonchev–Trinajstić information content (AvgIpc) is 2.82. The molecule has 0 saturated carbocycles. The van der Waals surface area contributed by atoms with E-state index in [1.165, 1.54) is 11.3 Å². The third-order valence-corrected chi connectivity index (χ3v) is 4.85. The van der Waals surface area contributed by atoms with Crippen molar-refractivity contribution in [1.29, 1.82) is 0 Å². The third kappa shape index (κ3) is 2.10. The molecule has 0 fully saturated rings. The van der Waals surface area contributed by atoms with Gasteiger partial charge in [0.05, 0.1) is 5.59 Å². The van der Waals surface area contributed by atoms with Crippen molar-refractivity contribution in [3.05, 3.63) is 34.4 Å². The van der Waals surface area contributed by atoms with Gasteiger partial charge in [-0.3, -0.25) is 4.98 Å². The van der Waals surface area contributed by atoms with E-state index in [2.05, 4.69) is 25.9 Å². The Hall–Kier alpha value is -1.48. The smallest absolute Gasteiger partial charge is 0.422 e. The van der Waals surface area contributed by atoms with Crippen LogP contribution in [0.2, 0.25) is 0 Å². The molecule has 4 N–H and O–H groups in total. The second-order valence-electron chi connectivity index (χ2n) is 4.16. The molecule has 5 nitrogen and oxygen atoms in total. The average molecular weight is 350 g/mol. The van der Waals surface area contributed by atoms with Crippen LogP contribution in [-0.2, 0) is 0 Å². The molecule has 0 amide bonds. The zero-order chi connectivity index (χ0) is 14.3. The lowest BCUT2D eigenvalue weighted by atomic mass is 9.80. The molecule has 0 unspecified atom stereocenters. The number of aromatic nitrogens is 2. The summed E-state index contributed by atoms with van der Waals surface area (Å²) in [6.45, 7) is 0. The zero-order valence-electron chi connectivity index (χ0n) is 10.1. The molecule has 0 spiro atoms. The van der Waals surface area contributed by atoms with E-state index in [0.29, 0.717) is 5.56 Å². The number of thiophene rings is 1. The number of fused-ring (bicyclic) bond motifs is 1. The summed E-state index contributed by atoms with van der Waals surface area (Å²) in [5, 5.41) is 21.8. The fraction of sp³-hybridized carbons (Fsp3) is 0. The van der Waals surface area contributed by atoms with Crippen molar-refractivity contribution in [3.8, 4) is 11.1 Å². The summed E-state index contributed by atoms with van der Waals surface area (Å²) in [7, 11) is -1.70. The summed E-state index contributed by atoms with van der Waals surface area (Å²) in [4.78, 5) is 8.21. The monoisotopic (exact) mass is 349 g/mol. The van der Waals surface area contributed by atoms with Gasteiger partial charge >= 0.3 is 7.12 Å². The molecule has 3 heterocycles. The fourth-order valence-electron chi connectivity index (χ4n) is 2.09. The van der Waals surface area contributed by atoms with Gasteiger partial charge in [-0.15, -0.1) is 11.3 Å². The number of hydrogen-bond acceptors (Lipinski definition) is 6. The van der Waals surface area contributed by atoms with Gasteiger partial charge in [0.15, 0.2) is 0 Å². The maximum Gasteiger partial charge on any atom is 0.508 e. The van der Waals surface area contributed by atoms with E-state index in [9.17, 15) is 10.0 Å². The quantitative estimate of drug-likeness (QED) is 0.608. The van der Waals surface area contributed by atoms with E-state index < -0.39 is 7.12 Å². The minimum absolute atomic E-state index is 0.136. The second kappa shape index (κ2) is 5.14. The van der Waals surface area contributed by atoms with E-state index in [-0.39, 0.29) is 11.4 Å². The molecule has 0 saturated heterocycles. The van der Waals surface area contributed by atoms with Crippen LogP contribution < -0.4 is 11.3 Å². The Bertz CT molecular complexity index is 779. The van der Waals surface area contributed by atoms with Crippen LogP contribution in [0.3, 0.4) is 0 Å². The van der Waals surface area contributed by atoms with Crippen LogP contribution in [0.1, 0.15) is 0 Å². The molecule has 0 aliphatic heterocycles. The SMILES string of the molecule is Nc1nc(B(O)O)c(-c2cccnc2)c2scc(Br)c12. The molecular weight excluding hydrogens is 341 g/mol. The molecule has 0 atom stereocenters. The van der Waals surface area contributed by atoms with Gasteiger partial charge in [-0.25, -0.2) is 4.98 Å². The van der Waals surface area contributed by atoms with Crippen molar-refractivity contribution in [1.82, 2.24) is 9.97 Å². The van der Waals surface area contributed by atoms with Gasteiger partial charge in [0, 0.05) is 43.5 Å². The largest absolute Gasteiger partial charge is 0.508 e. The van der Waals surface area contributed by atoms with Crippen LogP contribution in [0, 0.1) is 0 Å². The number of nitrogens with two attached hydrogens (primary N) is 1. The Morgan fingerprint density at radius 3 is 2.80 bits per heavy atom. The first-order valence-corrected chi connectivity index (χ1v) is 7.39. The van der Waals surface area contributed by atoms with Gasteiger partial charge in [0.1, 0.15) is 5.82 Å². The van der Waals surface area contributed by atoms with Gasteiger partial charge < -0.3 is 15.8 Å². The van der Waals surface area contributed by atoms with Gasteiger partial charge in [-0.2, -0.15) is 0 Å². The number of hydrogen-bond donors (Lipinski definition) is 3. The first-order chi connectivity index (χ1) is 9.59. The molecular formula is C12H9BBrN3O2S. The first kappa shape index (κ1) is 13.5. The van der Waals surface area contributed by atoms with E-state index in [4.69, 9.17) is 5.73 Å². The van der Waals surface area contributed by atoms with Crippen LogP contribution in [0.4, 0.5) is 5.82 Å². The molecule has 20 heavy (non-hydrogen) atoms. The number of halogens is 1. The Kier molecular flexibility index (Phi) is 3.47. The van der Waals surface area contributed by atoms with Crippen molar-refractivity contribution >= 4 is 55.9 Å². The van der Waals surface area contributed by atoms with Crippen molar-refractivity contribution in [2.45, 2.75) is 0 Å². The standard InChI is InChI=1S/C12H9BBrN3O2S/c14-7-5-20-10-8(6-2-1-3-16-4-6)11(13(18)19)17-12(15)9(7)10/h1-5,18-19H,(H2,15,17). The second-order valence-corrected chi connectivity index (χ2v) is 5.89. The van der Waals surface area contributed by atoms with Gasteiger partial charge in [0.25, 0.3) is 0 Å². The van der Waals surface area contributed by atoms with Crippen molar-refractivity contribution < 1.29 is 10.0 Å². The number of rotatable bonds is 2. The summed E-state index contributed by atoms with van der Waals surface area (Å²) in [5.74, 6) is 0.267. The van der Waals surface area contributed by atoms with E-state index in [1.54, 1.807) is 18.5 Å². The summed E-state index contributed by atoms with van der Waals surface area (Å²) < 4.78 is 1.69. The van der Waals surface area contributed by atoms with Crippen LogP contribution in [0.15, 0.2) is 34.4 Å². The van der Waals surface area contributed by atoms with E-state index in [1.807, 2.05) is 11.4 Å². The Morgan fingerprint density at radius 2 is 2.15 bits per heavy atom. The number of nitrogen functional groups attached to an aromatic ring is 1. The molecule has 100 valence electrons. The Labute approximate surface area is 127 Å². The topological polar surface area (TPSA) is 92.3 Å². The van der Waals surface area contributed by atoms with Crippen molar-refractivity contribution in [2.24, 2.45) is 0 Å².